The summed E-state index contributed by atoms with van der Waals surface area (Å²) in [4.78, 5) is 11.7. The molecule has 0 spiro atoms. The molecule has 0 aliphatic rings. The van der Waals surface area contributed by atoms with E-state index in [0.717, 1.165) is 10.6 Å². The van der Waals surface area contributed by atoms with Crippen molar-refractivity contribution in [2.75, 3.05) is 22.9 Å². The molecular formula is C12H18N2O3S. The van der Waals surface area contributed by atoms with E-state index >= 15 is 0 Å². The van der Waals surface area contributed by atoms with E-state index in [4.69, 9.17) is 0 Å². The molecule has 6 heteroatoms. The number of sulfonamides is 1. The average Bonchev–Trinajstić information content (AvgIpc) is 2.27. The Hall–Kier alpha value is -1.56. The number of nitrogens with one attached hydrogen (secondary N) is 1. The third-order valence-corrected chi connectivity index (χ3v) is 3.71. The number of hydrogen-bond acceptors (Lipinski definition) is 3. The van der Waals surface area contributed by atoms with Gasteiger partial charge in [0.05, 0.1) is 17.6 Å². The van der Waals surface area contributed by atoms with Crippen molar-refractivity contribution < 1.29 is 13.2 Å². The quantitative estimate of drug-likeness (QED) is 0.905. The first kappa shape index (κ1) is 14.5. The Morgan fingerprint density at radius 2 is 1.83 bits per heavy atom. The molecular weight excluding hydrogens is 252 g/mol. The van der Waals surface area contributed by atoms with Gasteiger partial charge in [-0.3, -0.25) is 9.10 Å². The summed E-state index contributed by atoms with van der Waals surface area (Å²) in [6, 6.07) is 6.80. The highest BCUT2D eigenvalue weighted by Crippen LogP contribution is 2.26. The summed E-state index contributed by atoms with van der Waals surface area (Å²) in [5, 5.41) is 2.72. The summed E-state index contributed by atoms with van der Waals surface area (Å²) >= 11 is 0. The lowest BCUT2D eigenvalue weighted by Crippen LogP contribution is -2.27. The van der Waals surface area contributed by atoms with Crippen LogP contribution in [0, 0.1) is 5.92 Å². The van der Waals surface area contributed by atoms with Crippen LogP contribution in [-0.4, -0.2) is 27.6 Å². The molecule has 1 N–H and O–H groups in total. The molecule has 0 heterocycles. The van der Waals surface area contributed by atoms with Crippen LogP contribution in [0.5, 0.6) is 0 Å². The van der Waals surface area contributed by atoms with Crippen LogP contribution in [-0.2, 0) is 14.8 Å². The Kier molecular flexibility index (Phi) is 4.34. The van der Waals surface area contributed by atoms with Gasteiger partial charge in [0.25, 0.3) is 0 Å². The van der Waals surface area contributed by atoms with E-state index in [-0.39, 0.29) is 11.8 Å². The van der Waals surface area contributed by atoms with Crippen LogP contribution in [0.2, 0.25) is 0 Å². The highest BCUT2D eigenvalue weighted by molar-refractivity contribution is 7.92. The lowest BCUT2D eigenvalue weighted by Gasteiger charge is -2.20. The van der Waals surface area contributed by atoms with Crippen molar-refractivity contribution in [3.63, 3.8) is 0 Å². The molecule has 1 aromatic rings. The van der Waals surface area contributed by atoms with Crippen LogP contribution < -0.4 is 9.62 Å². The molecule has 0 aliphatic carbocycles. The minimum absolute atomic E-state index is 0.149. The number of nitrogens with zero attached hydrogens (tertiary/aromatic N) is 1. The van der Waals surface area contributed by atoms with E-state index in [0.29, 0.717) is 11.4 Å². The summed E-state index contributed by atoms with van der Waals surface area (Å²) in [5.41, 5.74) is 0.943. The third-order valence-electron chi connectivity index (χ3n) is 2.52. The Bertz CT molecular complexity index is 538. The van der Waals surface area contributed by atoms with Crippen molar-refractivity contribution in [1.82, 2.24) is 0 Å². The van der Waals surface area contributed by atoms with Gasteiger partial charge < -0.3 is 5.32 Å². The van der Waals surface area contributed by atoms with E-state index in [1.807, 2.05) is 0 Å². The first-order chi connectivity index (χ1) is 8.23. The van der Waals surface area contributed by atoms with E-state index < -0.39 is 10.0 Å². The summed E-state index contributed by atoms with van der Waals surface area (Å²) in [6.07, 6.45) is 1.12. The zero-order valence-electron chi connectivity index (χ0n) is 11.0. The zero-order valence-corrected chi connectivity index (χ0v) is 11.8. The van der Waals surface area contributed by atoms with Gasteiger partial charge in [0.15, 0.2) is 0 Å². The Balaban J connectivity index is 3.11. The number of benzene rings is 1. The first-order valence-corrected chi connectivity index (χ1v) is 7.42. The standard InChI is InChI=1S/C12H18N2O3S/c1-9(2)12(15)13-10-7-5-6-8-11(10)14(3)18(4,16)17/h5-9H,1-4H3,(H,13,15). The van der Waals surface area contributed by atoms with Crippen molar-refractivity contribution in [1.29, 1.82) is 0 Å². The molecule has 0 fully saturated rings. The molecule has 0 atom stereocenters. The number of para-hydroxylation sites is 2. The zero-order chi connectivity index (χ0) is 13.9. The highest BCUT2D eigenvalue weighted by atomic mass is 32.2. The Morgan fingerprint density at radius 3 is 2.33 bits per heavy atom. The molecule has 1 rings (SSSR count). The van der Waals surface area contributed by atoms with Crippen molar-refractivity contribution in [3.05, 3.63) is 24.3 Å². The van der Waals surface area contributed by atoms with Crippen LogP contribution in [0.15, 0.2) is 24.3 Å². The number of carbonyl (C=O) groups excluding carboxylic acids is 1. The van der Waals surface area contributed by atoms with E-state index in [1.54, 1.807) is 38.1 Å². The molecule has 0 bridgehead atoms. The number of anilines is 2. The first-order valence-electron chi connectivity index (χ1n) is 5.57. The predicted octanol–water partition coefficient (Wildman–Crippen LogP) is 1.68. The topological polar surface area (TPSA) is 66.5 Å². The Morgan fingerprint density at radius 1 is 1.28 bits per heavy atom. The monoisotopic (exact) mass is 270 g/mol. The molecule has 0 unspecified atom stereocenters. The molecule has 5 nitrogen and oxygen atoms in total. The number of rotatable bonds is 4. The van der Waals surface area contributed by atoms with Gasteiger partial charge in [-0.1, -0.05) is 26.0 Å². The average molecular weight is 270 g/mol. The summed E-state index contributed by atoms with van der Waals surface area (Å²) in [6.45, 7) is 3.55. The number of carbonyl (C=O) groups is 1. The van der Waals surface area contributed by atoms with Gasteiger partial charge in [0.2, 0.25) is 15.9 Å². The molecule has 1 amide bonds. The molecule has 0 aliphatic heterocycles. The molecule has 0 radical (unpaired) electrons. The fourth-order valence-corrected chi connectivity index (χ4v) is 1.83. The van der Waals surface area contributed by atoms with Crippen LogP contribution in [0.25, 0.3) is 0 Å². The number of amides is 1. The van der Waals surface area contributed by atoms with Crippen LogP contribution in [0.1, 0.15) is 13.8 Å². The smallest absolute Gasteiger partial charge is 0.232 e. The molecule has 0 saturated heterocycles. The maximum absolute atomic E-state index is 11.7. The fraction of sp³-hybridized carbons (Fsp3) is 0.417. The second kappa shape index (κ2) is 5.39. The third kappa shape index (κ3) is 3.46. The predicted molar refractivity (Wildman–Crippen MR) is 73.2 cm³/mol. The maximum Gasteiger partial charge on any atom is 0.232 e. The SMILES string of the molecule is CC(C)C(=O)Nc1ccccc1N(C)S(C)(=O)=O. The lowest BCUT2D eigenvalue weighted by molar-refractivity contribution is -0.118. The largest absolute Gasteiger partial charge is 0.324 e. The second-order valence-corrected chi connectivity index (χ2v) is 6.41. The summed E-state index contributed by atoms with van der Waals surface area (Å²) < 4.78 is 24.2. The minimum Gasteiger partial charge on any atom is -0.324 e. The van der Waals surface area contributed by atoms with Crippen molar-refractivity contribution in [3.8, 4) is 0 Å². The van der Waals surface area contributed by atoms with Crippen LogP contribution in [0.3, 0.4) is 0 Å². The van der Waals surface area contributed by atoms with Gasteiger partial charge >= 0.3 is 0 Å². The molecule has 100 valence electrons. The van der Waals surface area contributed by atoms with Crippen LogP contribution in [0.4, 0.5) is 11.4 Å². The summed E-state index contributed by atoms with van der Waals surface area (Å²) in [7, 11) is -1.90. The van der Waals surface area contributed by atoms with Crippen LogP contribution >= 0.6 is 0 Å². The van der Waals surface area contributed by atoms with Crippen molar-refractivity contribution in [2.45, 2.75) is 13.8 Å². The van der Waals surface area contributed by atoms with Gasteiger partial charge in [0.1, 0.15) is 0 Å². The summed E-state index contributed by atoms with van der Waals surface area (Å²) in [5.74, 6) is -0.314. The van der Waals surface area contributed by atoms with E-state index in [9.17, 15) is 13.2 Å². The van der Waals surface area contributed by atoms with Crippen molar-refractivity contribution in [2.24, 2.45) is 5.92 Å². The number of hydrogen-bond donors (Lipinski definition) is 1. The highest BCUT2D eigenvalue weighted by Gasteiger charge is 2.17. The van der Waals surface area contributed by atoms with Gasteiger partial charge in [-0.15, -0.1) is 0 Å². The molecule has 0 saturated carbocycles. The minimum atomic E-state index is -3.35. The van der Waals surface area contributed by atoms with E-state index in [2.05, 4.69) is 5.32 Å². The fourth-order valence-electron chi connectivity index (χ4n) is 1.31. The van der Waals surface area contributed by atoms with Gasteiger partial charge in [-0.25, -0.2) is 8.42 Å². The van der Waals surface area contributed by atoms with Crippen molar-refractivity contribution >= 4 is 27.3 Å². The lowest BCUT2D eigenvalue weighted by atomic mass is 10.2. The van der Waals surface area contributed by atoms with Gasteiger partial charge in [0, 0.05) is 13.0 Å². The molecule has 18 heavy (non-hydrogen) atoms. The second-order valence-electron chi connectivity index (χ2n) is 4.39. The maximum atomic E-state index is 11.7. The Labute approximate surface area is 108 Å². The normalized spacial score (nSPS) is 11.4. The van der Waals surface area contributed by atoms with Gasteiger partial charge in [-0.05, 0) is 12.1 Å². The van der Waals surface area contributed by atoms with Gasteiger partial charge in [-0.2, -0.15) is 0 Å². The molecule has 0 aromatic heterocycles. The molecule has 1 aromatic carbocycles. The van der Waals surface area contributed by atoms with E-state index in [1.165, 1.54) is 7.05 Å².